The molecular weight excluding hydrogens is 282 g/mol. The van der Waals surface area contributed by atoms with Crippen LogP contribution in [0.3, 0.4) is 0 Å². The lowest BCUT2D eigenvalue weighted by Gasteiger charge is -2.33. The summed E-state index contributed by atoms with van der Waals surface area (Å²) in [6.45, 7) is 1.98. The zero-order valence-electron chi connectivity index (χ0n) is 12.8. The molecule has 1 aromatic heterocycles. The number of carbonyl (C=O) groups is 2. The monoisotopic (exact) mass is 303 g/mol. The predicted octanol–water partition coefficient (Wildman–Crippen LogP) is 2.62. The summed E-state index contributed by atoms with van der Waals surface area (Å²) in [7, 11) is 0. The zero-order chi connectivity index (χ0) is 16.1. The Morgan fingerprint density at radius 3 is 2.68 bits per heavy atom. The van der Waals surface area contributed by atoms with E-state index in [1.165, 1.54) is 12.7 Å². The first kappa shape index (κ1) is 16.2. The third kappa shape index (κ3) is 3.51. The van der Waals surface area contributed by atoms with Crippen LogP contribution in [-0.4, -0.2) is 34.5 Å². The molecule has 1 aliphatic carbocycles. The van der Waals surface area contributed by atoms with E-state index in [2.05, 4.69) is 5.92 Å². The Bertz CT molecular complexity index is 590. The highest BCUT2D eigenvalue weighted by molar-refractivity contribution is 5.97. The van der Waals surface area contributed by atoms with Crippen molar-refractivity contribution in [2.45, 2.75) is 51.5 Å². The number of furan rings is 1. The molecule has 0 saturated heterocycles. The van der Waals surface area contributed by atoms with Gasteiger partial charge in [0, 0.05) is 11.6 Å². The van der Waals surface area contributed by atoms with Crippen LogP contribution in [-0.2, 0) is 11.2 Å². The van der Waals surface area contributed by atoms with Gasteiger partial charge in [-0.05, 0) is 19.8 Å². The van der Waals surface area contributed by atoms with Gasteiger partial charge in [-0.1, -0.05) is 25.2 Å². The Morgan fingerprint density at radius 2 is 2.09 bits per heavy atom. The summed E-state index contributed by atoms with van der Waals surface area (Å²) in [4.78, 5) is 25.5. The van der Waals surface area contributed by atoms with E-state index in [1.54, 1.807) is 11.8 Å². The van der Waals surface area contributed by atoms with E-state index in [1.807, 2.05) is 0 Å². The van der Waals surface area contributed by atoms with Gasteiger partial charge in [0.05, 0.1) is 18.4 Å². The van der Waals surface area contributed by atoms with Crippen LogP contribution in [0.5, 0.6) is 0 Å². The average molecular weight is 303 g/mol. The molecule has 1 heterocycles. The Labute approximate surface area is 130 Å². The van der Waals surface area contributed by atoms with E-state index in [9.17, 15) is 9.59 Å². The molecule has 1 fully saturated rings. The first-order valence-electron chi connectivity index (χ1n) is 7.57. The number of carboxylic acid groups (broad SMARTS) is 1. The molecule has 22 heavy (non-hydrogen) atoms. The highest BCUT2D eigenvalue weighted by Gasteiger charge is 2.30. The first-order chi connectivity index (χ1) is 10.5. The number of hydrogen-bond donors (Lipinski definition) is 1. The molecule has 0 aliphatic heterocycles. The molecule has 0 spiro atoms. The molecule has 2 rings (SSSR count). The molecule has 118 valence electrons. The van der Waals surface area contributed by atoms with Crippen LogP contribution >= 0.6 is 0 Å². The molecule has 1 saturated carbocycles. The molecular formula is C17H21NO4. The maximum atomic E-state index is 12.9. The summed E-state index contributed by atoms with van der Waals surface area (Å²) in [5, 5.41) is 8.96. The van der Waals surface area contributed by atoms with Crippen molar-refractivity contribution in [1.82, 2.24) is 4.90 Å². The van der Waals surface area contributed by atoms with Crippen molar-refractivity contribution in [2.24, 2.45) is 0 Å². The molecule has 0 unspecified atom stereocenters. The van der Waals surface area contributed by atoms with Crippen LogP contribution < -0.4 is 0 Å². The maximum Gasteiger partial charge on any atom is 0.311 e. The van der Waals surface area contributed by atoms with Crippen molar-refractivity contribution in [3.63, 3.8) is 0 Å². The van der Waals surface area contributed by atoms with Gasteiger partial charge in [0.25, 0.3) is 5.91 Å². The fourth-order valence-corrected chi connectivity index (χ4v) is 3.05. The lowest BCUT2D eigenvalue weighted by atomic mass is 9.93. The molecule has 0 atom stereocenters. The summed E-state index contributed by atoms with van der Waals surface area (Å²) in [6.07, 6.45) is 11.8. The minimum Gasteiger partial charge on any atom is -0.481 e. The maximum absolute atomic E-state index is 12.9. The van der Waals surface area contributed by atoms with Gasteiger partial charge in [-0.2, -0.15) is 0 Å². The Hall–Kier alpha value is -2.22. The second-order valence-corrected chi connectivity index (χ2v) is 5.72. The SMILES string of the molecule is C#CCN(C(=O)c1c(C)coc1CC(=O)O)C1CCCCC1. The number of aryl methyl sites for hydroxylation is 1. The van der Waals surface area contributed by atoms with Crippen molar-refractivity contribution >= 4 is 11.9 Å². The molecule has 0 aromatic carbocycles. The van der Waals surface area contributed by atoms with Gasteiger partial charge in [0.1, 0.15) is 12.2 Å². The van der Waals surface area contributed by atoms with Crippen LogP contribution in [0.1, 0.15) is 53.8 Å². The summed E-state index contributed by atoms with van der Waals surface area (Å²) < 4.78 is 5.26. The van der Waals surface area contributed by atoms with Crippen LogP contribution in [0.15, 0.2) is 10.7 Å². The second-order valence-electron chi connectivity index (χ2n) is 5.72. The topological polar surface area (TPSA) is 70.8 Å². The number of hydrogen-bond acceptors (Lipinski definition) is 3. The van der Waals surface area contributed by atoms with Gasteiger partial charge in [0.15, 0.2) is 0 Å². The normalized spacial score (nSPS) is 15.3. The van der Waals surface area contributed by atoms with E-state index >= 15 is 0 Å². The number of carboxylic acids is 1. The highest BCUT2D eigenvalue weighted by atomic mass is 16.4. The van der Waals surface area contributed by atoms with Gasteiger partial charge in [-0.25, -0.2) is 0 Å². The summed E-state index contributed by atoms with van der Waals surface area (Å²) in [5.41, 5.74) is 1.00. The quantitative estimate of drug-likeness (QED) is 0.849. The molecule has 1 aliphatic rings. The van der Waals surface area contributed by atoms with E-state index in [0.29, 0.717) is 11.1 Å². The minimum absolute atomic E-state index is 0.129. The Kier molecular flexibility index (Phi) is 5.26. The number of carbonyl (C=O) groups excluding carboxylic acids is 1. The molecule has 5 heteroatoms. The number of aliphatic carboxylic acids is 1. The fourth-order valence-electron chi connectivity index (χ4n) is 3.05. The third-order valence-electron chi connectivity index (χ3n) is 4.11. The van der Waals surface area contributed by atoms with Crippen molar-refractivity contribution in [2.75, 3.05) is 6.54 Å². The Balaban J connectivity index is 2.28. The lowest BCUT2D eigenvalue weighted by molar-refractivity contribution is -0.136. The molecule has 0 radical (unpaired) electrons. The van der Waals surface area contributed by atoms with Crippen molar-refractivity contribution in [3.05, 3.63) is 23.2 Å². The van der Waals surface area contributed by atoms with Gasteiger partial charge in [0.2, 0.25) is 0 Å². The van der Waals surface area contributed by atoms with Gasteiger partial charge < -0.3 is 14.4 Å². The largest absolute Gasteiger partial charge is 0.481 e. The van der Waals surface area contributed by atoms with Gasteiger partial charge >= 0.3 is 5.97 Å². The lowest BCUT2D eigenvalue weighted by Crippen LogP contribution is -2.42. The number of amides is 1. The fraction of sp³-hybridized carbons (Fsp3) is 0.529. The third-order valence-corrected chi connectivity index (χ3v) is 4.11. The van der Waals surface area contributed by atoms with E-state index < -0.39 is 5.97 Å². The highest BCUT2D eigenvalue weighted by Crippen LogP contribution is 2.26. The zero-order valence-corrected chi connectivity index (χ0v) is 12.8. The molecule has 1 aromatic rings. The van der Waals surface area contributed by atoms with E-state index in [-0.39, 0.29) is 30.7 Å². The van der Waals surface area contributed by atoms with Crippen LogP contribution in [0.2, 0.25) is 0 Å². The van der Waals surface area contributed by atoms with Crippen LogP contribution in [0, 0.1) is 19.3 Å². The van der Waals surface area contributed by atoms with Crippen molar-refractivity contribution < 1.29 is 19.1 Å². The van der Waals surface area contributed by atoms with Gasteiger partial charge in [-0.15, -0.1) is 6.42 Å². The summed E-state index contributed by atoms with van der Waals surface area (Å²) >= 11 is 0. The molecule has 1 amide bonds. The number of nitrogens with zero attached hydrogens (tertiary/aromatic N) is 1. The summed E-state index contributed by atoms with van der Waals surface area (Å²) in [6, 6.07) is 0.129. The number of terminal acetylenes is 1. The Morgan fingerprint density at radius 1 is 1.41 bits per heavy atom. The van der Waals surface area contributed by atoms with Crippen LogP contribution in [0.25, 0.3) is 0 Å². The number of rotatable bonds is 5. The standard InChI is InChI=1S/C17H21NO4/c1-3-9-18(13-7-5-4-6-8-13)17(21)16-12(2)11-22-14(16)10-15(19)20/h1,11,13H,4-10H2,2H3,(H,19,20). The summed E-state index contributed by atoms with van der Waals surface area (Å²) in [5.74, 6) is 1.51. The van der Waals surface area contributed by atoms with Crippen molar-refractivity contribution in [1.29, 1.82) is 0 Å². The van der Waals surface area contributed by atoms with Crippen molar-refractivity contribution in [3.8, 4) is 12.3 Å². The predicted molar refractivity (Wildman–Crippen MR) is 81.5 cm³/mol. The molecule has 5 nitrogen and oxygen atoms in total. The van der Waals surface area contributed by atoms with Gasteiger partial charge in [-0.3, -0.25) is 9.59 Å². The first-order valence-corrected chi connectivity index (χ1v) is 7.57. The minimum atomic E-state index is -1.02. The molecule has 0 bridgehead atoms. The molecule has 1 N–H and O–H groups in total. The second kappa shape index (κ2) is 7.17. The van der Waals surface area contributed by atoms with E-state index in [0.717, 1.165) is 25.7 Å². The smallest absolute Gasteiger partial charge is 0.311 e. The average Bonchev–Trinajstić information content (AvgIpc) is 2.85. The van der Waals surface area contributed by atoms with Crippen LogP contribution in [0.4, 0.5) is 0 Å². The van der Waals surface area contributed by atoms with E-state index in [4.69, 9.17) is 15.9 Å².